The second kappa shape index (κ2) is 7.83. The Morgan fingerprint density at radius 2 is 2.00 bits per heavy atom. The molecule has 24 heavy (non-hydrogen) atoms. The number of nitrogens with zero attached hydrogens (tertiary/aromatic N) is 1. The third-order valence-electron chi connectivity index (χ3n) is 3.10. The molecule has 1 aliphatic rings. The van der Waals surface area contributed by atoms with Gasteiger partial charge in [0.15, 0.2) is 10.9 Å². The van der Waals surface area contributed by atoms with Gasteiger partial charge in [-0.15, -0.1) is 0 Å². The number of carbonyl (C=O) groups is 2. The predicted octanol–water partition coefficient (Wildman–Crippen LogP) is 2.62. The molecule has 1 fully saturated rings. The van der Waals surface area contributed by atoms with Crippen LogP contribution < -0.4 is 10.1 Å². The van der Waals surface area contributed by atoms with Crippen molar-refractivity contribution in [3.05, 3.63) is 33.4 Å². The van der Waals surface area contributed by atoms with Crippen molar-refractivity contribution in [3.8, 4) is 5.75 Å². The summed E-state index contributed by atoms with van der Waals surface area (Å²) in [5.41, 5.74) is 0.798. The van der Waals surface area contributed by atoms with Crippen LogP contribution in [-0.4, -0.2) is 42.2 Å². The van der Waals surface area contributed by atoms with Crippen molar-refractivity contribution in [1.29, 1.82) is 0 Å². The lowest BCUT2D eigenvalue weighted by atomic mass is 10.1. The highest BCUT2D eigenvalue weighted by molar-refractivity contribution is 7.80. The lowest BCUT2D eigenvalue weighted by Crippen LogP contribution is -2.35. The van der Waals surface area contributed by atoms with Gasteiger partial charge in [-0.1, -0.05) is 23.2 Å². The minimum atomic E-state index is -0.569. The standard InChI is InChI=1S/C15H14Cl2N2O4S/c1-3-23-13-9(16)4-8(5-10(13)17)6-11-14(21)19(15(24)18-11)7-12(20)22-2/h4-6H,3,7H2,1-2H3,(H,18,24)/b11-6-. The summed E-state index contributed by atoms with van der Waals surface area (Å²) in [5.74, 6) is -0.621. The van der Waals surface area contributed by atoms with Crippen LogP contribution >= 0.6 is 35.4 Å². The lowest BCUT2D eigenvalue weighted by molar-refractivity contribution is -0.143. The number of nitrogens with one attached hydrogen (secondary N) is 1. The molecule has 0 aliphatic carbocycles. The maximum Gasteiger partial charge on any atom is 0.325 e. The second-order valence-electron chi connectivity index (χ2n) is 4.70. The summed E-state index contributed by atoms with van der Waals surface area (Å²) in [5, 5.41) is 3.54. The van der Waals surface area contributed by atoms with Crippen molar-refractivity contribution in [1.82, 2.24) is 10.2 Å². The molecule has 0 spiro atoms. The average molecular weight is 389 g/mol. The fourth-order valence-electron chi connectivity index (χ4n) is 2.02. The summed E-state index contributed by atoms with van der Waals surface area (Å²) < 4.78 is 9.90. The number of hydrogen-bond acceptors (Lipinski definition) is 5. The molecule has 1 amide bonds. The molecule has 1 aromatic carbocycles. The first kappa shape index (κ1) is 18.5. The molecule has 9 heteroatoms. The number of halogens is 2. The normalized spacial score (nSPS) is 15.7. The van der Waals surface area contributed by atoms with E-state index < -0.39 is 11.9 Å². The number of benzene rings is 1. The van der Waals surface area contributed by atoms with Crippen LogP contribution in [0.15, 0.2) is 17.8 Å². The van der Waals surface area contributed by atoms with E-state index in [0.717, 1.165) is 4.90 Å². The SMILES string of the molecule is CCOc1c(Cl)cc(/C=C2\NC(=S)N(CC(=O)OC)C2=O)cc1Cl. The molecule has 0 bridgehead atoms. The van der Waals surface area contributed by atoms with Gasteiger partial charge in [-0.2, -0.15) is 0 Å². The maximum absolute atomic E-state index is 12.3. The maximum atomic E-state index is 12.3. The van der Waals surface area contributed by atoms with Gasteiger partial charge >= 0.3 is 5.97 Å². The fourth-order valence-corrected chi connectivity index (χ4v) is 2.89. The van der Waals surface area contributed by atoms with Crippen LogP contribution in [0, 0.1) is 0 Å². The summed E-state index contributed by atoms with van der Waals surface area (Å²) in [6.07, 6.45) is 1.54. The molecule has 1 heterocycles. The quantitative estimate of drug-likeness (QED) is 0.475. The van der Waals surface area contributed by atoms with Crippen molar-refractivity contribution in [3.63, 3.8) is 0 Å². The first-order valence-electron chi connectivity index (χ1n) is 6.90. The molecule has 0 saturated carbocycles. The van der Waals surface area contributed by atoms with Crippen molar-refractivity contribution in [2.75, 3.05) is 20.3 Å². The monoisotopic (exact) mass is 388 g/mol. The Balaban J connectivity index is 2.27. The van der Waals surface area contributed by atoms with Crippen LogP contribution in [-0.2, 0) is 14.3 Å². The number of ether oxygens (including phenoxy) is 2. The minimum absolute atomic E-state index is 0.125. The summed E-state index contributed by atoms with van der Waals surface area (Å²) in [6, 6.07) is 3.23. The Hall–Kier alpha value is -1.83. The highest BCUT2D eigenvalue weighted by Crippen LogP contribution is 2.35. The summed E-state index contributed by atoms with van der Waals surface area (Å²) in [4.78, 5) is 24.8. The van der Waals surface area contributed by atoms with Gasteiger partial charge in [0.25, 0.3) is 5.91 Å². The molecule has 1 aliphatic heterocycles. The number of amides is 1. The second-order valence-corrected chi connectivity index (χ2v) is 5.90. The molecule has 6 nitrogen and oxygen atoms in total. The van der Waals surface area contributed by atoms with E-state index in [-0.39, 0.29) is 17.4 Å². The number of thiocarbonyl (C=S) groups is 1. The number of hydrogen-bond donors (Lipinski definition) is 1. The summed E-state index contributed by atoms with van der Waals surface area (Å²) in [6.45, 7) is 1.99. The molecule has 1 aromatic rings. The Kier molecular flexibility index (Phi) is 6.04. The van der Waals surface area contributed by atoms with E-state index in [1.807, 2.05) is 6.92 Å². The lowest BCUT2D eigenvalue weighted by Gasteiger charge is -2.11. The van der Waals surface area contributed by atoms with Gasteiger partial charge in [0, 0.05) is 0 Å². The molecular formula is C15H14Cl2N2O4S. The molecule has 0 unspecified atom stereocenters. The van der Waals surface area contributed by atoms with E-state index in [1.165, 1.54) is 7.11 Å². The molecular weight excluding hydrogens is 375 g/mol. The largest absolute Gasteiger partial charge is 0.491 e. The van der Waals surface area contributed by atoms with E-state index in [9.17, 15) is 9.59 Å². The van der Waals surface area contributed by atoms with E-state index >= 15 is 0 Å². The van der Waals surface area contributed by atoms with Crippen molar-refractivity contribution < 1.29 is 19.1 Å². The first-order valence-corrected chi connectivity index (χ1v) is 8.07. The highest BCUT2D eigenvalue weighted by atomic mass is 35.5. The Morgan fingerprint density at radius 3 is 2.54 bits per heavy atom. The van der Waals surface area contributed by atoms with Gasteiger partial charge < -0.3 is 14.8 Å². The Bertz CT molecular complexity index is 713. The molecule has 128 valence electrons. The fraction of sp³-hybridized carbons (Fsp3) is 0.267. The van der Waals surface area contributed by atoms with Crippen LogP contribution in [0.3, 0.4) is 0 Å². The third-order valence-corrected chi connectivity index (χ3v) is 3.98. The molecule has 1 saturated heterocycles. The molecule has 0 radical (unpaired) electrons. The summed E-state index contributed by atoms with van der Waals surface area (Å²) in [7, 11) is 1.24. The Morgan fingerprint density at radius 1 is 1.38 bits per heavy atom. The van der Waals surface area contributed by atoms with E-state index in [1.54, 1.807) is 18.2 Å². The molecule has 2 rings (SSSR count). The number of carbonyl (C=O) groups excluding carboxylic acids is 2. The van der Waals surface area contributed by atoms with Crippen LogP contribution in [0.4, 0.5) is 0 Å². The molecule has 1 N–H and O–H groups in total. The van der Waals surface area contributed by atoms with Crippen molar-refractivity contribution >= 4 is 58.5 Å². The van der Waals surface area contributed by atoms with Gasteiger partial charge in [-0.05, 0) is 42.9 Å². The number of rotatable bonds is 5. The predicted molar refractivity (Wildman–Crippen MR) is 95.1 cm³/mol. The number of methoxy groups -OCH3 is 1. The van der Waals surface area contributed by atoms with Crippen LogP contribution in [0.25, 0.3) is 6.08 Å². The van der Waals surface area contributed by atoms with E-state index in [4.69, 9.17) is 40.2 Å². The van der Waals surface area contributed by atoms with Crippen LogP contribution in [0.2, 0.25) is 10.0 Å². The topological polar surface area (TPSA) is 67.9 Å². The first-order chi connectivity index (χ1) is 11.4. The van der Waals surface area contributed by atoms with Gasteiger partial charge in [-0.25, -0.2) is 0 Å². The number of esters is 1. The zero-order chi connectivity index (χ0) is 17.9. The van der Waals surface area contributed by atoms with Gasteiger partial charge in [0.05, 0.1) is 23.8 Å². The minimum Gasteiger partial charge on any atom is -0.491 e. The van der Waals surface area contributed by atoms with Crippen molar-refractivity contribution in [2.45, 2.75) is 6.92 Å². The van der Waals surface area contributed by atoms with Gasteiger partial charge in [0.1, 0.15) is 12.2 Å². The van der Waals surface area contributed by atoms with Crippen molar-refractivity contribution in [2.24, 2.45) is 0 Å². The molecule has 0 aromatic heterocycles. The van der Waals surface area contributed by atoms with E-state index in [0.29, 0.717) is 28.0 Å². The zero-order valence-corrected chi connectivity index (χ0v) is 15.2. The smallest absolute Gasteiger partial charge is 0.325 e. The van der Waals surface area contributed by atoms with Gasteiger partial charge in [0.2, 0.25) is 0 Å². The van der Waals surface area contributed by atoms with Crippen LogP contribution in [0.1, 0.15) is 12.5 Å². The Labute approximate surface area is 154 Å². The zero-order valence-electron chi connectivity index (χ0n) is 12.9. The summed E-state index contributed by atoms with van der Waals surface area (Å²) >= 11 is 17.3. The molecule has 0 atom stereocenters. The highest BCUT2D eigenvalue weighted by Gasteiger charge is 2.32. The van der Waals surface area contributed by atoms with Gasteiger partial charge in [-0.3, -0.25) is 14.5 Å². The average Bonchev–Trinajstić information content (AvgIpc) is 2.78. The van der Waals surface area contributed by atoms with E-state index in [2.05, 4.69) is 10.1 Å². The van der Waals surface area contributed by atoms with Crippen LogP contribution in [0.5, 0.6) is 5.75 Å². The third kappa shape index (κ3) is 3.98.